The predicted molar refractivity (Wildman–Crippen MR) is 79.0 cm³/mol. The van der Waals surface area contributed by atoms with E-state index in [1.54, 1.807) is 7.11 Å². The van der Waals surface area contributed by atoms with E-state index in [0.29, 0.717) is 18.8 Å². The lowest BCUT2D eigenvalue weighted by molar-refractivity contribution is -0.159. The molecule has 1 heterocycles. The first-order chi connectivity index (χ1) is 10.1. The Hall–Kier alpha value is -1.10. The number of hydrogen-bond donors (Lipinski definition) is 1. The quantitative estimate of drug-likeness (QED) is 0.817. The molecule has 1 saturated heterocycles. The molecule has 2 rings (SSSR count). The monoisotopic (exact) mass is 297 g/mol. The maximum Gasteiger partial charge on any atom is 0.310 e. The Morgan fingerprint density at radius 3 is 2.62 bits per heavy atom. The molecular formula is C16H27NO4. The number of carbonyl (C=O) groups is 2. The van der Waals surface area contributed by atoms with Crippen molar-refractivity contribution >= 4 is 11.9 Å². The van der Waals surface area contributed by atoms with Crippen LogP contribution in [0.3, 0.4) is 0 Å². The Kier molecular flexibility index (Phi) is 5.62. The van der Waals surface area contributed by atoms with E-state index in [-0.39, 0.29) is 12.3 Å². The van der Waals surface area contributed by atoms with Crippen LogP contribution < -0.4 is 0 Å². The fraction of sp³-hybridized carbons (Fsp3) is 0.875. The highest BCUT2D eigenvalue weighted by molar-refractivity contribution is 5.85. The zero-order valence-corrected chi connectivity index (χ0v) is 13.0. The van der Waals surface area contributed by atoms with Crippen molar-refractivity contribution in [2.45, 2.75) is 51.4 Å². The number of methoxy groups -OCH3 is 1. The molecule has 2 fully saturated rings. The SMILES string of the molecule is COCCC1CCCCN(C(=O)CC2(C(=O)O)CCC2)C1. The number of amides is 1. The molecule has 2 aliphatic rings. The van der Waals surface area contributed by atoms with Gasteiger partial charge in [-0.1, -0.05) is 12.8 Å². The molecule has 1 atom stereocenters. The van der Waals surface area contributed by atoms with E-state index in [4.69, 9.17) is 4.74 Å². The summed E-state index contributed by atoms with van der Waals surface area (Å²) in [5.41, 5.74) is -0.772. The van der Waals surface area contributed by atoms with Gasteiger partial charge >= 0.3 is 5.97 Å². The number of ether oxygens (including phenoxy) is 1. The van der Waals surface area contributed by atoms with E-state index < -0.39 is 11.4 Å². The number of nitrogens with zero attached hydrogens (tertiary/aromatic N) is 1. The summed E-state index contributed by atoms with van der Waals surface area (Å²) in [7, 11) is 1.70. The fourth-order valence-electron chi connectivity index (χ4n) is 3.45. The first-order valence-electron chi connectivity index (χ1n) is 8.07. The molecule has 0 radical (unpaired) electrons. The number of rotatable bonds is 6. The summed E-state index contributed by atoms with van der Waals surface area (Å²) in [4.78, 5) is 25.8. The van der Waals surface area contributed by atoms with Crippen molar-refractivity contribution in [3.8, 4) is 0 Å². The van der Waals surface area contributed by atoms with E-state index in [2.05, 4.69) is 0 Å². The van der Waals surface area contributed by atoms with Gasteiger partial charge in [-0.3, -0.25) is 9.59 Å². The first-order valence-corrected chi connectivity index (χ1v) is 8.07. The highest BCUT2D eigenvalue weighted by Gasteiger charge is 2.46. The third kappa shape index (κ3) is 3.96. The zero-order chi connectivity index (χ0) is 15.3. The fourth-order valence-corrected chi connectivity index (χ4v) is 3.45. The Bertz CT molecular complexity index is 378. The minimum absolute atomic E-state index is 0.0291. The molecule has 0 aromatic carbocycles. The van der Waals surface area contributed by atoms with Crippen LogP contribution in [0.1, 0.15) is 51.4 Å². The molecule has 1 aliphatic heterocycles. The number of carboxylic acid groups (broad SMARTS) is 1. The van der Waals surface area contributed by atoms with Crippen molar-refractivity contribution in [1.29, 1.82) is 0 Å². The van der Waals surface area contributed by atoms with Crippen LogP contribution in [0, 0.1) is 11.3 Å². The number of carboxylic acids is 1. The van der Waals surface area contributed by atoms with Crippen LogP contribution in [0.2, 0.25) is 0 Å². The largest absolute Gasteiger partial charge is 0.481 e. The van der Waals surface area contributed by atoms with E-state index in [1.807, 2.05) is 4.90 Å². The topological polar surface area (TPSA) is 66.8 Å². The van der Waals surface area contributed by atoms with Gasteiger partial charge in [-0.25, -0.2) is 0 Å². The van der Waals surface area contributed by atoms with Gasteiger partial charge in [0.15, 0.2) is 0 Å². The Morgan fingerprint density at radius 2 is 2.05 bits per heavy atom. The predicted octanol–water partition coefficient (Wildman–Crippen LogP) is 2.30. The Morgan fingerprint density at radius 1 is 1.29 bits per heavy atom. The van der Waals surface area contributed by atoms with Crippen molar-refractivity contribution in [3.05, 3.63) is 0 Å². The van der Waals surface area contributed by atoms with Crippen molar-refractivity contribution in [3.63, 3.8) is 0 Å². The van der Waals surface area contributed by atoms with E-state index in [9.17, 15) is 14.7 Å². The van der Waals surface area contributed by atoms with Gasteiger partial charge in [-0.2, -0.15) is 0 Å². The molecule has 21 heavy (non-hydrogen) atoms. The van der Waals surface area contributed by atoms with Crippen molar-refractivity contribution in [2.75, 3.05) is 26.8 Å². The molecule has 1 N–H and O–H groups in total. The van der Waals surface area contributed by atoms with Gasteiger partial charge in [0.25, 0.3) is 0 Å². The smallest absolute Gasteiger partial charge is 0.310 e. The summed E-state index contributed by atoms with van der Waals surface area (Å²) < 4.78 is 5.14. The minimum atomic E-state index is -0.798. The molecule has 0 bridgehead atoms. The van der Waals surface area contributed by atoms with Crippen LogP contribution in [0.4, 0.5) is 0 Å². The average Bonchev–Trinajstić information content (AvgIpc) is 2.65. The summed E-state index contributed by atoms with van der Waals surface area (Å²) in [6.45, 7) is 2.27. The number of aliphatic carboxylic acids is 1. The van der Waals surface area contributed by atoms with E-state index >= 15 is 0 Å². The maximum absolute atomic E-state index is 12.5. The Labute approximate surface area is 126 Å². The highest BCUT2D eigenvalue weighted by atomic mass is 16.5. The second-order valence-electron chi connectivity index (χ2n) is 6.60. The minimum Gasteiger partial charge on any atom is -0.481 e. The lowest BCUT2D eigenvalue weighted by Gasteiger charge is -2.38. The number of likely N-dealkylation sites (tertiary alicyclic amines) is 1. The summed E-state index contributed by atoms with van der Waals surface area (Å²) >= 11 is 0. The second-order valence-corrected chi connectivity index (χ2v) is 6.60. The van der Waals surface area contributed by atoms with Crippen molar-refractivity contribution in [1.82, 2.24) is 4.90 Å². The molecule has 1 saturated carbocycles. The van der Waals surface area contributed by atoms with Gasteiger partial charge in [0, 0.05) is 33.2 Å². The van der Waals surface area contributed by atoms with E-state index in [0.717, 1.165) is 51.8 Å². The molecule has 0 aromatic rings. The van der Waals surface area contributed by atoms with Crippen molar-refractivity contribution < 1.29 is 19.4 Å². The molecule has 1 amide bonds. The van der Waals surface area contributed by atoms with Gasteiger partial charge < -0.3 is 14.7 Å². The molecule has 0 spiro atoms. The van der Waals surface area contributed by atoms with Crippen LogP contribution >= 0.6 is 0 Å². The van der Waals surface area contributed by atoms with Crippen molar-refractivity contribution in [2.24, 2.45) is 11.3 Å². The summed E-state index contributed by atoms with van der Waals surface area (Å²) in [5.74, 6) is -0.284. The van der Waals surface area contributed by atoms with Crippen LogP contribution in [0.15, 0.2) is 0 Å². The molecule has 120 valence electrons. The maximum atomic E-state index is 12.5. The lowest BCUT2D eigenvalue weighted by Crippen LogP contribution is -2.44. The highest BCUT2D eigenvalue weighted by Crippen LogP contribution is 2.44. The standard InChI is InChI=1S/C16H27NO4/c1-21-10-6-13-5-2-3-9-17(12-13)14(18)11-16(15(19)20)7-4-8-16/h13H,2-12H2,1H3,(H,19,20). The summed E-state index contributed by atoms with van der Waals surface area (Å²) in [5, 5.41) is 9.37. The zero-order valence-electron chi connectivity index (χ0n) is 13.0. The van der Waals surface area contributed by atoms with Crippen LogP contribution in [0.5, 0.6) is 0 Å². The number of carbonyl (C=O) groups excluding carboxylic acids is 1. The molecule has 1 aliphatic carbocycles. The first kappa shape index (κ1) is 16.3. The molecular weight excluding hydrogens is 270 g/mol. The van der Waals surface area contributed by atoms with Gasteiger partial charge in [-0.05, 0) is 38.0 Å². The average molecular weight is 297 g/mol. The third-order valence-corrected chi connectivity index (χ3v) is 5.11. The van der Waals surface area contributed by atoms with E-state index in [1.165, 1.54) is 0 Å². The molecule has 5 heteroatoms. The van der Waals surface area contributed by atoms with Gasteiger partial charge in [0.1, 0.15) is 0 Å². The van der Waals surface area contributed by atoms with Crippen LogP contribution in [-0.2, 0) is 14.3 Å². The lowest BCUT2D eigenvalue weighted by atomic mass is 9.66. The third-order valence-electron chi connectivity index (χ3n) is 5.11. The molecule has 1 unspecified atom stereocenters. The summed E-state index contributed by atoms with van der Waals surface area (Å²) in [6.07, 6.45) is 6.68. The second kappa shape index (κ2) is 7.25. The Balaban J connectivity index is 1.92. The molecule has 0 aromatic heterocycles. The summed E-state index contributed by atoms with van der Waals surface area (Å²) in [6, 6.07) is 0. The normalized spacial score (nSPS) is 25.0. The van der Waals surface area contributed by atoms with Gasteiger partial charge in [0.2, 0.25) is 5.91 Å². The molecule has 5 nitrogen and oxygen atoms in total. The van der Waals surface area contributed by atoms with Gasteiger partial charge in [0.05, 0.1) is 5.41 Å². The van der Waals surface area contributed by atoms with Crippen LogP contribution in [0.25, 0.3) is 0 Å². The van der Waals surface area contributed by atoms with Gasteiger partial charge in [-0.15, -0.1) is 0 Å². The number of hydrogen-bond acceptors (Lipinski definition) is 3. The van der Waals surface area contributed by atoms with Crippen LogP contribution in [-0.4, -0.2) is 48.7 Å².